The predicted molar refractivity (Wildman–Crippen MR) is 119 cm³/mol. The molecule has 150 valence electrons. The molecule has 4 rings (SSSR count). The van der Waals surface area contributed by atoms with Crippen molar-refractivity contribution in [1.29, 1.82) is 0 Å². The third-order valence-corrected chi connectivity index (χ3v) is 7.06. The Bertz CT molecular complexity index is 980. The number of hydrogen-bond donors (Lipinski definition) is 2. The van der Waals surface area contributed by atoms with Gasteiger partial charge in [0.1, 0.15) is 0 Å². The average Bonchev–Trinajstić information content (AvgIpc) is 3.43. The van der Waals surface area contributed by atoms with Gasteiger partial charge in [-0.25, -0.2) is 0 Å². The fraction of sp³-hybridized carbons (Fsp3) is 0.273. The van der Waals surface area contributed by atoms with Crippen LogP contribution < -0.4 is 10.6 Å². The first kappa shape index (κ1) is 19.8. The number of nitrogens with zero attached hydrogens (tertiary/aromatic N) is 1. The molecule has 0 spiro atoms. The second-order valence-electron chi connectivity index (χ2n) is 7.16. The summed E-state index contributed by atoms with van der Waals surface area (Å²) in [5, 5.41) is 9.90. The molecule has 29 heavy (non-hydrogen) atoms. The van der Waals surface area contributed by atoms with Gasteiger partial charge in [0.05, 0.1) is 4.88 Å². The second kappa shape index (κ2) is 8.90. The summed E-state index contributed by atoms with van der Waals surface area (Å²) in [6.07, 6.45) is 1.09. The van der Waals surface area contributed by atoms with E-state index in [2.05, 4.69) is 33.9 Å². The normalized spacial score (nSPS) is 14.8. The lowest BCUT2D eigenvalue weighted by Gasteiger charge is -2.32. The minimum absolute atomic E-state index is 0.0961. The fourth-order valence-electron chi connectivity index (χ4n) is 3.42. The lowest BCUT2D eigenvalue weighted by molar-refractivity contribution is 0.0932. The van der Waals surface area contributed by atoms with Crippen LogP contribution in [0, 0.1) is 0 Å². The summed E-state index contributed by atoms with van der Waals surface area (Å²) in [5.74, 6) is -0.234. The van der Waals surface area contributed by atoms with Gasteiger partial charge in [-0.2, -0.15) is 0 Å². The van der Waals surface area contributed by atoms with Gasteiger partial charge in [-0.05, 0) is 66.1 Å². The van der Waals surface area contributed by atoms with Crippen LogP contribution in [-0.4, -0.2) is 35.8 Å². The van der Waals surface area contributed by atoms with Crippen LogP contribution in [0.25, 0.3) is 0 Å². The van der Waals surface area contributed by atoms with Crippen molar-refractivity contribution in [1.82, 2.24) is 10.2 Å². The topological polar surface area (TPSA) is 61.4 Å². The van der Waals surface area contributed by atoms with Gasteiger partial charge >= 0.3 is 0 Å². The number of benzene rings is 1. The summed E-state index contributed by atoms with van der Waals surface area (Å²) in [6.45, 7) is 4.74. The Morgan fingerprint density at radius 1 is 1.07 bits per heavy atom. The molecule has 0 bridgehead atoms. The highest BCUT2D eigenvalue weighted by atomic mass is 32.1. The summed E-state index contributed by atoms with van der Waals surface area (Å²) in [7, 11) is 0. The molecule has 5 nitrogen and oxygen atoms in total. The average molecular weight is 426 g/mol. The Morgan fingerprint density at radius 3 is 2.66 bits per heavy atom. The molecule has 2 N–H and O–H groups in total. The van der Waals surface area contributed by atoms with Crippen LogP contribution in [0.1, 0.15) is 37.4 Å². The highest BCUT2D eigenvalue weighted by Crippen LogP contribution is 2.25. The van der Waals surface area contributed by atoms with Gasteiger partial charge < -0.3 is 10.6 Å². The number of amides is 2. The van der Waals surface area contributed by atoms with Crippen molar-refractivity contribution >= 4 is 40.2 Å². The lowest BCUT2D eigenvalue weighted by atomic mass is 10.1. The van der Waals surface area contributed by atoms with Crippen molar-refractivity contribution in [2.75, 3.05) is 18.4 Å². The minimum Gasteiger partial charge on any atom is -0.350 e. The first-order chi connectivity index (χ1) is 14.1. The van der Waals surface area contributed by atoms with E-state index in [4.69, 9.17) is 0 Å². The van der Waals surface area contributed by atoms with E-state index < -0.39 is 0 Å². The van der Waals surface area contributed by atoms with E-state index in [1.165, 1.54) is 21.8 Å². The molecule has 2 aromatic heterocycles. The van der Waals surface area contributed by atoms with Crippen LogP contribution in [0.2, 0.25) is 0 Å². The monoisotopic (exact) mass is 425 g/mol. The number of hydrogen-bond acceptors (Lipinski definition) is 5. The Morgan fingerprint density at radius 2 is 1.90 bits per heavy atom. The van der Waals surface area contributed by atoms with Crippen molar-refractivity contribution < 1.29 is 9.59 Å². The van der Waals surface area contributed by atoms with Crippen LogP contribution in [0.4, 0.5) is 5.69 Å². The van der Waals surface area contributed by atoms with E-state index in [1.807, 2.05) is 22.8 Å². The number of fused-ring (bicyclic) bond motifs is 1. The lowest BCUT2D eigenvalue weighted by Crippen LogP contribution is -2.44. The van der Waals surface area contributed by atoms with Crippen LogP contribution >= 0.6 is 22.7 Å². The Labute approximate surface area is 178 Å². The molecule has 1 unspecified atom stereocenters. The van der Waals surface area contributed by atoms with Crippen LogP contribution in [0.5, 0.6) is 0 Å². The van der Waals surface area contributed by atoms with E-state index in [9.17, 15) is 9.59 Å². The van der Waals surface area contributed by atoms with Crippen LogP contribution in [0.15, 0.2) is 53.2 Å². The zero-order valence-electron chi connectivity index (χ0n) is 16.2. The summed E-state index contributed by atoms with van der Waals surface area (Å²) in [6, 6.07) is 13.1. The first-order valence-electron chi connectivity index (χ1n) is 9.62. The largest absolute Gasteiger partial charge is 0.350 e. The SMILES string of the molecule is CC(CNC(=O)c1ccc(NC(=O)c2cccs2)cc1)N1CCc2sccc2C1. The molecule has 0 saturated carbocycles. The molecule has 1 atom stereocenters. The quantitative estimate of drug-likeness (QED) is 0.621. The summed E-state index contributed by atoms with van der Waals surface area (Å²) >= 11 is 3.23. The summed E-state index contributed by atoms with van der Waals surface area (Å²) < 4.78 is 0. The number of nitrogens with one attached hydrogen (secondary N) is 2. The highest BCUT2D eigenvalue weighted by Gasteiger charge is 2.21. The van der Waals surface area contributed by atoms with Gasteiger partial charge in [-0.3, -0.25) is 14.5 Å². The van der Waals surface area contributed by atoms with E-state index in [0.29, 0.717) is 22.7 Å². The van der Waals surface area contributed by atoms with Crippen molar-refractivity contribution in [3.63, 3.8) is 0 Å². The molecule has 1 aliphatic heterocycles. The van der Waals surface area contributed by atoms with Gasteiger partial charge in [0.2, 0.25) is 0 Å². The van der Waals surface area contributed by atoms with Crippen molar-refractivity contribution in [3.05, 3.63) is 74.1 Å². The number of carbonyl (C=O) groups is 2. The number of rotatable bonds is 6. The van der Waals surface area contributed by atoms with Crippen molar-refractivity contribution in [2.24, 2.45) is 0 Å². The maximum Gasteiger partial charge on any atom is 0.265 e. The Hall–Kier alpha value is -2.48. The zero-order chi connectivity index (χ0) is 20.2. The van der Waals surface area contributed by atoms with Crippen LogP contribution in [-0.2, 0) is 13.0 Å². The fourth-order valence-corrected chi connectivity index (χ4v) is 4.93. The third kappa shape index (κ3) is 4.75. The van der Waals surface area contributed by atoms with E-state index in [-0.39, 0.29) is 17.9 Å². The molecule has 3 aromatic rings. The molecular weight excluding hydrogens is 402 g/mol. The molecule has 7 heteroatoms. The maximum atomic E-state index is 12.5. The predicted octanol–water partition coefficient (Wildman–Crippen LogP) is 4.24. The summed E-state index contributed by atoms with van der Waals surface area (Å²) in [4.78, 5) is 29.2. The highest BCUT2D eigenvalue weighted by molar-refractivity contribution is 7.12. The Balaban J connectivity index is 1.28. The van der Waals surface area contributed by atoms with Crippen molar-refractivity contribution in [3.8, 4) is 0 Å². The number of thiophene rings is 2. The molecule has 0 saturated heterocycles. The second-order valence-corrected chi connectivity index (χ2v) is 9.11. The molecule has 2 amide bonds. The molecule has 1 aliphatic rings. The van der Waals surface area contributed by atoms with Gasteiger partial charge in [-0.15, -0.1) is 22.7 Å². The minimum atomic E-state index is -0.138. The van der Waals surface area contributed by atoms with Crippen LogP contribution in [0.3, 0.4) is 0 Å². The standard InChI is InChI=1S/C22H23N3O2S2/c1-15(25-10-8-19-17(14-25)9-12-29-19)13-23-21(26)16-4-6-18(7-5-16)24-22(27)20-3-2-11-28-20/h2-7,9,11-12,15H,8,10,13-14H2,1H3,(H,23,26)(H,24,27). The number of carbonyl (C=O) groups excluding carboxylic acids is 2. The van der Waals surface area contributed by atoms with Crippen molar-refractivity contribution in [2.45, 2.75) is 25.9 Å². The van der Waals surface area contributed by atoms with Gasteiger partial charge in [-0.1, -0.05) is 6.07 Å². The summed E-state index contributed by atoms with van der Waals surface area (Å²) in [5.41, 5.74) is 2.68. The molecule has 1 aromatic carbocycles. The van der Waals surface area contributed by atoms with E-state index in [1.54, 1.807) is 30.3 Å². The molecular formula is C22H23N3O2S2. The molecule has 0 radical (unpaired) electrons. The smallest absolute Gasteiger partial charge is 0.265 e. The molecule has 3 heterocycles. The number of anilines is 1. The first-order valence-corrected chi connectivity index (χ1v) is 11.4. The van der Waals surface area contributed by atoms with Gasteiger partial charge in [0.25, 0.3) is 11.8 Å². The Kier molecular flexibility index (Phi) is 6.08. The van der Waals surface area contributed by atoms with E-state index >= 15 is 0 Å². The molecule has 0 fully saturated rings. The van der Waals surface area contributed by atoms with Gasteiger partial charge in [0, 0.05) is 41.8 Å². The third-order valence-electron chi connectivity index (χ3n) is 5.17. The van der Waals surface area contributed by atoms with Gasteiger partial charge in [0.15, 0.2) is 0 Å². The zero-order valence-corrected chi connectivity index (χ0v) is 17.8. The van der Waals surface area contributed by atoms with E-state index in [0.717, 1.165) is 19.5 Å². The maximum absolute atomic E-state index is 12.5. The molecule has 0 aliphatic carbocycles.